The number of hydrogen-bond donors (Lipinski definition) is 1. The van der Waals surface area contributed by atoms with Crippen LogP contribution in [-0.4, -0.2) is 17.7 Å². The third-order valence-corrected chi connectivity index (χ3v) is 2.78. The Balaban J connectivity index is 2.34. The predicted molar refractivity (Wildman–Crippen MR) is 70.1 cm³/mol. The number of benzene rings is 1. The van der Waals surface area contributed by atoms with Crippen molar-refractivity contribution in [3.05, 3.63) is 34.8 Å². The number of amides is 1. The number of halogens is 1. The lowest BCUT2D eigenvalue weighted by Gasteiger charge is -2.07. The minimum Gasteiger partial charge on any atom is -0.450 e. The Morgan fingerprint density at radius 1 is 1.47 bits per heavy atom. The molecule has 0 bridgehead atoms. The number of carbonyl (C=O) groups is 1. The second-order valence-electron chi connectivity index (χ2n) is 3.36. The number of aromatic nitrogens is 1. The topological polar surface area (TPSA) is 51.2 Å². The summed E-state index contributed by atoms with van der Waals surface area (Å²) in [6.07, 6.45) is -0.504. The van der Waals surface area contributed by atoms with Gasteiger partial charge in [-0.2, -0.15) is 0 Å². The normalized spacial score (nSPS) is 10.2. The summed E-state index contributed by atoms with van der Waals surface area (Å²) in [6, 6.07) is 9.59. The summed E-state index contributed by atoms with van der Waals surface area (Å²) in [4.78, 5) is 15.6. The second-order valence-corrected chi connectivity index (χ2v) is 4.21. The van der Waals surface area contributed by atoms with Crippen molar-refractivity contribution in [3.8, 4) is 0 Å². The van der Waals surface area contributed by atoms with E-state index in [0.717, 1.165) is 15.4 Å². The smallest absolute Gasteiger partial charge is 0.412 e. The number of hydrogen-bond acceptors (Lipinski definition) is 3. The van der Waals surface area contributed by atoms with E-state index < -0.39 is 6.09 Å². The molecule has 0 unspecified atom stereocenters. The molecular formula is C12H11BrN2O2. The molecule has 1 N–H and O–H groups in total. The van der Waals surface area contributed by atoms with Crippen LogP contribution in [0.1, 0.15) is 6.92 Å². The highest BCUT2D eigenvalue weighted by Gasteiger charge is 2.08. The molecule has 0 saturated carbocycles. The number of fused-ring (bicyclic) bond motifs is 1. The largest absolute Gasteiger partial charge is 0.450 e. The fourth-order valence-electron chi connectivity index (χ4n) is 1.44. The van der Waals surface area contributed by atoms with Crippen LogP contribution in [0, 0.1) is 0 Å². The molecule has 1 heterocycles. The number of nitrogens with one attached hydrogen (secondary N) is 1. The van der Waals surface area contributed by atoms with E-state index in [1.165, 1.54) is 0 Å². The SMILES string of the molecule is CCOC(=O)Nc1nc2ccccc2cc1Br. The Hall–Kier alpha value is -1.62. The number of rotatable bonds is 2. The van der Waals surface area contributed by atoms with E-state index in [9.17, 15) is 4.79 Å². The zero-order valence-electron chi connectivity index (χ0n) is 9.24. The van der Waals surface area contributed by atoms with Crippen LogP contribution < -0.4 is 5.32 Å². The van der Waals surface area contributed by atoms with Crippen molar-refractivity contribution in [1.29, 1.82) is 0 Å². The average Bonchev–Trinajstić information content (AvgIpc) is 2.30. The van der Waals surface area contributed by atoms with Gasteiger partial charge in [0.1, 0.15) is 5.82 Å². The lowest BCUT2D eigenvalue weighted by molar-refractivity contribution is 0.168. The van der Waals surface area contributed by atoms with Gasteiger partial charge in [-0.25, -0.2) is 9.78 Å². The van der Waals surface area contributed by atoms with Gasteiger partial charge in [0.25, 0.3) is 0 Å². The van der Waals surface area contributed by atoms with Crippen molar-refractivity contribution in [3.63, 3.8) is 0 Å². The van der Waals surface area contributed by atoms with E-state index in [2.05, 4.69) is 26.2 Å². The lowest BCUT2D eigenvalue weighted by atomic mass is 10.2. The fourth-order valence-corrected chi connectivity index (χ4v) is 1.88. The highest BCUT2D eigenvalue weighted by molar-refractivity contribution is 9.10. The van der Waals surface area contributed by atoms with Crippen LogP contribution in [0.2, 0.25) is 0 Å². The summed E-state index contributed by atoms with van der Waals surface area (Å²) < 4.78 is 5.53. The molecule has 0 radical (unpaired) electrons. The van der Waals surface area contributed by atoms with Crippen molar-refractivity contribution >= 4 is 38.7 Å². The van der Waals surface area contributed by atoms with Crippen molar-refractivity contribution < 1.29 is 9.53 Å². The maximum Gasteiger partial charge on any atom is 0.412 e. The van der Waals surface area contributed by atoms with Gasteiger partial charge in [0.2, 0.25) is 0 Å². The molecular weight excluding hydrogens is 284 g/mol. The van der Waals surface area contributed by atoms with Crippen molar-refractivity contribution in [1.82, 2.24) is 4.98 Å². The lowest BCUT2D eigenvalue weighted by Crippen LogP contribution is -2.14. The molecule has 5 heteroatoms. The molecule has 17 heavy (non-hydrogen) atoms. The first-order chi connectivity index (χ1) is 8.20. The van der Waals surface area contributed by atoms with Gasteiger partial charge in [-0.05, 0) is 35.0 Å². The summed E-state index contributed by atoms with van der Waals surface area (Å²) in [7, 11) is 0. The van der Waals surface area contributed by atoms with E-state index in [1.54, 1.807) is 6.92 Å². The molecule has 4 nitrogen and oxygen atoms in total. The van der Waals surface area contributed by atoms with Gasteiger partial charge in [0.05, 0.1) is 16.6 Å². The standard InChI is InChI=1S/C12H11BrN2O2/c1-2-17-12(16)15-11-9(13)7-8-5-3-4-6-10(8)14-11/h3-7H,2H2,1H3,(H,14,15,16). The summed E-state index contributed by atoms with van der Waals surface area (Å²) in [6.45, 7) is 2.08. The molecule has 2 rings (SSSR count). The Bertz CT molecular complexity index is 557. The molecule has 1 aromatic carbocycles. The van der Waals surface area contributed by atoms with Crippen LogP contribution in [0.15, 0.2) is 34.8 Å². The van der Waals surface area contributed by atoms with Crippen LogP contribution in [-0.2, 0) is 4.74 Å². The van der Waals surface area contributed by atoms with E-state index in [1.807, 2.05) is 30.3 Å². The number of para-hydroxylation sites is 1. The zero-order valence-corrected chi connectivity index (χ0v) is 10.8. The van der Waals surface area contributed by atoms with Gasteiger partial charge in [-0.3, -0.25) is 5.32 Å². The fraction of sp³-hybridized carbons (Fsp3) is 0.167. The molecule has 0 saturated heterocycles. The first kappa shape index (κ1) is 11.9. The molecule has 2 aromatic rings. The highest BCUT2D eigenvalue weighted by Crippen LogP contribution is 2.25. The molecule has 0 fully saturated rings. The predicted octanol–water partition coefficient (Wildman–Crippen LogP) is 3.57. The van der Waals surface area contributed by atoms with Crippen LogP contribution in [0.25, 0.3) is 10.9 Å². The van der Waals surface area contributed by atoms with Crippen LogP contribution in [0.3, 0.4) is 0 Å². The molecule has 0 aliphatic heterocycles. The van der Waals surface area contributed by atoms with Gasteiger partial charge < -0.3 is 4.74 Å². The average molecular weight is 295 g/mol. The van der Waals surface area contributed by atoms with Crippen LogP contribution >= 0.6 is 15.9 Å². The molecule has 1 aromatic heterocycles. The maximum atomic E-state index is 11.3. The minimum absolute atomic E-state index is 0.330. The van der Waals surface area contributed by atoms with Crippen LogP contribution in [0.5, 0.6) is 0 Å². The van der Waals surface area contributed by atoms with Gasteiger partial charge >= 0.3 is 6.09 Å². The van der Waals surface area contributed by atoms with Crippen LogP contribution in [0.4, 0.5) is 10.6 Å². The summed E-state index contributed by atoms with van der Waals surface area (Å²) in [5.74, 6) is 0.460. The monoisotopic (exact) mass is 294 g/mol. The third-order valence-electron chi connectivity index (χ3n) is 2.17. The summed E-state index contributed by atoms with van der Waals surface area (Å²) >= 11 is 3.36. The Morgan fingerprint density at radius 3 is 3.00 bits per heavy atom. The summed E-state index contributed by atoms with van der Waals surface area (Å²) in [5.41, 5.74) is 0.822. The number of anilines is 1. The quantitative estimate of drug-likeness (QED) is 0.921. The molecule has 0 aliphatic carbocycles. The minimum atomic E-state index is -0.504. The number of nitrogens with zero attached hydrogens (tertiary/aromatic N) is 1. The van der Waals surface area contributed by atoms with Crippen molar-refractivity contribution in [2.45, 2.75) is 6.92 Å². The first-order valence-electron chi connectivity index (χ1n) is 5.19. The first-order valence-corrected chi connectivity index (χ1v) is 5.99. The highest BCUT2D eigenvalue weighted by atomic mass is 79.9. The number of ether oxygens (including phenoxy) is 1. The van der Waals surface area contributed by atoms with Gasteiger partial charge in [0, 0.05) is 5.39 Å². The van der Waals surface area contributed by atoms with Crippen molar-refractivity contribution in [2.75, 3.05) is 11.9 Å². The number of pyridine rings is 1. The van der Waals surface area contributed by atoms with Gasteiger partial charge in [-0.1, -0.05) is 18.2 Å². The van der Waals surface area contributed by atoms with E-state index in [4.69, 9.17) is 4.74 Å². The molecule has 0 aliphatic rings. The molecule has 1 amide bonds. The second kappa shape index (κ2) is 5.14. The van der Waals surface area contributed by atoms with Gasteiger partial charge in [0.15, 0.2) is 0 Å². The van der Waals surface area contributed by atoms with E-state index in [-0.39, 0.29) is 0 Å². The molecule has 88 valence electrons. The Morgan fingerprint density at radius 2 is 2.24 bits per heavy atom. The molecule has 0 atom stereocenters. The zero-order chi connectivity index (χ0) is 12.3. The van der Waals surface area contributed by atoms with E-state index >= 15 is 0 Å². The summed E-state index contributed by atoms with van der Waals surface area (Å²) in [5, 5.41) is 3.59. The van der Waals surface area contributed by atoms with Gasteiger partial charge in [-0.15, -0.1) is 0 Å². The third kappa shape index (κ3) is 2.74. The van der Waals surface area contributed by atoms with Crippen molar-refractivity contribution in [2.24, 2.45) is 0 Å². The number of carbonyl (C=O) groups excluding carboxylic acids is 1. The Labute approximate surface area is 107 Å². The molecule has 0 spiro atoms. The Kier molecular flexibility index (Phi) is 3.58. The van der Waals surface area contributed by atoms with E-state index in [0.29, 0.717) is 12.4 Å². The maximum absolute atomic E-state index is 11.3.